The van der Waals surface area contributed by atoms with E-state index in [9.17, 15) is 4.79 Å². The second-order valence-corrected chi connectivity index (χ2v) is 6.79. The number of ether oxygens (including phenoxy) is 2. The van der Waals surface area contributed by atoms with Gasteiger partial charge in [-0.3, -0.25) is 4.79 Å². The van der Waals surface area contributed by atoms with Crippen LogP contribution in [-0.4, -0.2) is 48.8 Å². The number of hydrogen-bond acceptors (Lipinski definition) is 3. The van der Waals surface area contributed by atoms with Crippen LogP contribution in [0.2, 0.25) is 0 Å². The van der Waals surface area contributed by atoms with Gasteiger partial charge in [-0.05, 0) is 38.7 Å². The van der Waals surface area contributed by atoms with Gasteiger partial charge < -0.3 is 14.4 Å². The third-order valence-corrected chi connectivity index (χ3v) is 5.16. The maximum atomic E-state index is 12.6. The van der Waals surface area contributed by atoms with Gasteiger partial charge in [0, 0.05) is 24.6 Å². The average Bonchev–Trinajstić information content (AvgIpc) is 3.16. The summed E-state index contributed by atoms with van der Waals surface area (Å²) in [6.07, 6.45) is 3.33. The molecule has 0 N–H and O–H groups in total. The summed E-state index contributed by atoms with van der Waals surface area (Å²) in [5.41, 5.74) is 1.32. The number of carbonyl (C=O) groups excluding carboxylic acids is 1. The highest BCUT2D eigenvalue weighted by Crippen LogP contribution is 2.37. The molecule has 4 heteroatoms. The fourth-order valence-corrected chi connectivity index (χ4v) is 3.99. The van der Waals surface area contributed by atoms with Gasteiger partial charge in [0.2, 0.25) is 5.91 Å². The van der Waals surface area contributed by atoms with E-state index in [0.29, 0.717) is 12.5 Å². The lowest BCUT2D eigenvalue weighted by atomic mass is 9.92. The van der Waals surface area contributed by atoms with Crippen molar-refractivity contribution in [3.8, 4) is 0 Å². The maximum Gasteiger partial charge on any atom is 0.249 e. The fraction of sp³-hybridized carbons (Fsp3) is 0.632. The van der Waals surface area contributed by atoms with Crippen molar-refractivity contribution in [3.63, 3.8) is 0 Å². The van der Waals surface area contributed by atoms with Crippen LogP contribution in [0.1, 0.15) is 44.6 Å². The molecule has 2 fully saturated rings. The zero-order valence-corrected chi connectivity index (χ0v) is 14.1. The molecule has 1 aromatic rings. The Labute approximate surface area is 138 Å². The Kier molecular flexibility index (Phi) is 5.34. The van der Waals surface area contributed by atoms with Crippen molar-refractivity contribution in [2.24, 2.45) is 0 Å². The topological polar surface area (TPSA) is 38.8 Å². The van der Waals surface area contributed by atoms with Crippen LogP contribution in [0.4, 0.5) is 0 Å². The predicted molar refractivity (Wildman–Crippen MR) is 89.4 cm³/mol. The van der Waals surface area contributed by atoms with E-state index < -0.39 is 0 Å². The molecule has 2 aliphatic heterocycles. The summed E-state index contributed by atoms with van der Waals surface area (Å²) in [4.78, 5) is 14.6. The largest absolute Gasteiger partial charge is 0.376 e. The van der Waals surface area contributed by atoms with Crippen LogP contribution in [0.3, 0.4) is 0 Å². The highest BCUT2D eigenvalue weighted by Gasteiger charge is 2.39. The van der Waals surface area contributed by atoms with Gasteiger partial charge in [0.25, 0.3) is 0 Å². The van der Waals surface area contributed by atoms with Crippen molar-refractivity contribution in [3.05, 3.63) is 35.9 Å². The molecule has 4 nitrogen and oxygen atoms in total. The quantitative estimate of drug-likeness (QED) is 0.838. The molecule has 0 saturated carbocycles. The first-order valence-corrected chi connectivity index (χ1v) is 8.72. The summed E-state index contributed by atoms with van der Waals surface area (Å²) in [6.45, 7) is 5.80. The third-order valence-electron chi connectivity index (χ3n) is 5.16. The maximum absolute atomic E-state index is 12.6. The standard InChI is InChI=1S/C19H27NO3/c1-14-11-18(16-7-4-3-5-8-16)15(2)20(14)19(21)13-22-12-17-9-6-10-23-17/h3-5,7-8,14-15,17-18H,6,9-13H2,1-2H3/t14-,15+,17+,18+/m1/s1. The predicted octanol–water partition coefficient (Wildman–Crippen LogP) is 2.98. The minimum absolute atomic E-state index is 0.0985. The van der Waals surface area contributed by atoms with Crippen LogP contribution in [0.5, 0.6) is 0 Å². The van der Waals surface area contributed by atoms with Gasteiger partial charge in [0.1, 0.15) is 6.61 Å². The summed E-state index contributed by atoms with van der Waals surface area (Å²) >= 11 is 0. The lowest BCUT2D eigenvalue weighted by Gasteiger charge is -2.28. The van der Waals surface area contributed by atoms with E-state index in [1.54, 1.807) is 0 Å². The Morgan fingerprint density at radius 1 is 1.30 bits per heavy atom. The first kappa shape index (κ1) is 16.5. The first-order valence-electron chi connectivity index (χ1n) is 8.72. The van der Waals surface area contributed by atoms with Gasteiger partial charge in [-0.2, -0.15) is 0 Å². The monoisotopic (exact) mass is 317 g/mol. The molecule has 4 atom stereocenters. The van der Waals surface area contributed by atoms with E-state index in [0.717, 1.165) is 25.9 Å². The van der Waals surface area contributed by atoms with E-state index in [2.05, 4.69) is 38.1 Å². The van der Waals surface area contributed by atoms with Gasteiger partial charge in [-0.1, -0.05) is 30.3 Å². The summed E-state index contributed by atoms with van der Waals surface area (Å²) in [6, 6.07) is 11.0. The molecule has 126 valence electrons. The van der Waals surface area contributed by atoms with Crippen LogP contribution in [0.25, 0.3) is 0 Å². The van der Waals surface area contributed by atoms with Gasteiger partial charge in [0.15, 0.2) is 0 Å². The number of nitrogens with zero attached hydrogens (tertiary/aromatic N) is 1. The number of benzene rings is 1. The first-order chi connectivity index (χ1) is 11.2. The average molecular weight is 317 g/mol. The van der Waals surface area contributed by atoms with Crippen molar-refractivity contribution in [2.45, 2.75) is 57.2 Å². The fourth-order valence-electron chi connectivity index (χ4n) is 3.99. The molecule has 1 aromatic carbocycles. The van der Waals surface area contributed by atoms with Crippen molar-refractivity contribution in [1.82, 2.24) is 4.90 Å². The lowest BCUT2D eigenvalue weighted by molar-refractivity contribution is -0.139. The summed E-state index contributed by atoms with van der Waals surface area (Å²) < 4.78 is 11.1. The normalized spacial score (nSPS) is 30.8. The van der Waals surface area contributed by atoms with Crippen LogP contribution in [0, 0.1) is 0 Å². The smallest absolute Gasteiger partial charge is 0.249 e. The second kappa shape index (κ2) is 7.45. The Morgan fingerprint density at radius 3 is 2.78 bits per heavy atom. The van der Waals surface area contributed by atoms with E-state index in [4.69, 9.17) is 9.47 Å². The molecule has 1 amide bonds. The van der Waals surface area contributed by atoms with Gasteiger partial charge in [-0.15, -0.1) is 0 Å². The molecule has 0 radical (unpaired) electrons. The molecule has 0 aliphatic carbocycles. The molecule has 2 heterocycles. The van der Waals surface area contributed by atoms with Gasteiger partial charge in [0.05, 0.1) is 12.7 Å². The highest BCUT2D eigenvalue weighted by atomic mass is 16.5. The Balaban J connectivity index is 1.55. The van der Waals surface area contributed by atoms with Crippen molar-refractivity contribution >= 4 is 5.91 Å². The second-order valence-electron chi connectivity index (χ2n) is 6.79. The van der Waals surface area contributed by atoms with Crippen LogP contribution in [0.15, 0.2) is 30.3 Å². The zero-order chi connectivity index (χ0) is 16.2. The molecular weight excluding hydrogens is 290 g/mol. The number of rotatable bonds is 5. The third kappa shape index (κ3) is 3.75. The summed E-state index contributed by atoms with van der Waals surface area (Å²) in [5, 5.41) is 0. The molecule has 0 spiro atoms. The lowest BCUT2D eigenvalue weighted by Crippen LogP contribution is -2.42. The van der Waals surface area contributed by atoms with Crippen LogP contribution < -0.4 is 0 Å². The number of hydrogen-bond donors (Lipinski definition) is 0. The minimum Gasteiger partial charge on any atom is -0.376 e. The Morgan fingerprint density at radius 2 is 2.09 bits per heavy atom. The minimum atomic E-state index is 0.0985. The highest BCUT2D eigenvalue weighted by molar-refractivity contribution is 5.78. The van der Waals surface area contributed by atoms with Crippen molar-refractivity contribution in [1.29, 1.82) is 0 Å². The van der Waals surface area contributed by atoms with E-state index in [1.165, 1.54) is 5.56 Å². The van der Waals surface area contributed by atoms with Gasteiger partial charge in [-0.25, -0.2) is 0 Å². The van der Waals surface area contributed by atoms with Crippen LogP contribution in [-0.2, 0) is 14.3 Å². The molecule has 23 heavy (non-hydrogen) atoms. The molecule has 2 saturated heterocycles. The SMILES string of the molecule is C[C@@H]1C[C@H](c2ccccc2)[C@H](C)N1C(=O)COC[C@@H]1CCCO1. The molecule has 3 rings (SSSR count). The van der Waals surface area contributed by atoms with Crippen molar-refractivity contribution < 1.29 is 14.3 Å². The van der Waals surface area contributed by atoms with Gasteiger partial charge >= 0.3 is 0 Å². The number of carbonyl (C=O) groups is 1. The molecular formula is C19H27NO3. The Hall–Kier alpha value is -1.39. The zero-order valence-electron chi connectivity index (χ0n) is 14.1. The molecule has 2 aliphatic rings. The Bertz CT molecular complexity index is 513. The summed E-state index contributed by atoms with van der Waals surface area (Å²) in [5.74, 6) is 0.509. The number of amides is 1. The summed E-state index contributed by atoms with van der Waals surface area (Å²) in [7, 11) is 0. The molecule has 0 aromatic heterocycles. The van der Waals surface area contributed by atoms with E-state index in [1.807, 2.05) is 11.0 Å². The van der Waals surface area contributed by atoms with E-state index in [-0.39, 0.29) is 30.7 Å². The molecule has 0 unspecified atom stereocenters. The number of likely N-dealkylation sites (tertiary alicyclic amines) is 1. The van der Waals surface area contributed by atoms with E-state index >= 15 is 0 Å². The van der Waals surface area contributed by atoms with Crippen molar-refractivity contribution in [2.75, 3.05) is 19.8 Å². The molecule has 0 bridgehead atoms. The van der Waals surface area contributed by atoms with Crippen LogP contribution >= 0.6 is 0 Å².